The number of carbonyl (C=O) groups excluding carboxylic acids is 2. The maximum atomic E-state index is 13.5. The molecule has 4 fully saturated rings. The van der Waals surface area contributed by atoms with Crippen LogP contribution in [0.15, 0.2) is 23.7 Å². The van der Waals surface area contributed by atoms with E-state index in [1.54, 1.807) is 23.6 Å². The Morgan fingerprint density at radius 3 is 2.54 bits per heavy atom. The van der Waals surface area contributed by atoms with Gasteiger partial charge in [-0.3, -0.25) is 14.9 Å². The molecule has 9 nitrogen and oxygen atoms in total. The highest BCUT2D eigenvalue weighted by molar-refractivity contribution is 7.21. The van der Waals surface area contributed by atoms with Crippen LogP contribution in [0.25, 0.3) is 10.6 Å². The molecule has 4 aliphatic rings. The summed E-state index contributed by atoms with van der Waals surface area (Å²) in [6.07, 6.45) is 9.44. The number of fused-ring (bicyclic) bond motifs is 1. The lowest BCUT2D eigenvalue weighted by atomic mass is 9.77. The Morgan fingerprint density at radius 1 is 1.02 bits per heavy atom. The molecule has 1 amide bonds. The zero-order valence-corrected chi connectivity index (χ0v) is 29.2. The van der Waals surface area contributed by atoms with Gasteiger partial charge in [-0.1, -0.05) is 41.0 Å². The van der Waals surface area contributed by atoms with Gasteiger partial charge in [0.25, 0.3) is 5.91 Å². The number of carbonyl (C=O) groups is 2. The molecule has 46 heavy (non-hydrogen) atoms. The molecule has 0 spiro atoms. The molecule has 13 heteroatoms. The molecule has 1 saturated carbocycles. The summed E-state index contributed by atoms with van der Waals surface area (Å²) in [6, 6.07) is 4.29. The summed E-state index contributed by atoms with van der Waals surface area (Å²) in [5.41, 5.74) is 1.25. The van der Waals surface area contributed by atoms with Crippen LogP contribution in [0.4, 0.5) is 16.0 Å². The number of thiophene rings is 1. The monoisotopic (exact) mass is 702 g/mol. The van der Waals surface area contributed by atoms with Crippen molar-refractivity contribution in [1.29, 1.82) is 0 Å². The van der Waals surface area contributed by atoms with E-state index in [1.165, 1.54) is 56.5 Å². The second-order valence-corrected chi connectivity index (χ2v) is 15.6. The van der Waals surface area contributed by atoms with Crippen molar-refractivity contribution < 1.29 is 14.3 Å². The highest BCUT2D eigenvalue weighted by Gasteiger charge is 2.44. The van der Waals surface area contributed by atoms with Crippen LogP contribution in [0.3, 0.4) is 0 Å². The lowest BCUT2D eigenvalue weighted by Crippen LogP contribution is -2.44. The van der Waals surface area contributed by atoms with Crippen molar-refractivity contribution in [2.45, 2.75) is 57.9 Å². The Balaban J connectivity index is 1.07. The number of esters is 1. The van der Waals surface area contributed by atoms with Gasteiger partial charge < -0.3 is 19.4 Å². The first-order valence-electron chi connectivity index (χ1n) is 16.5. The summed E-state index contributed by atoms with van der Waals surface area (Å²) in [6.45, 7) is 8.02. The maximum absolute atomic E-state index is 13.5. The molecule has 246 valence electrons. The molecular formula is C33H40Cl2N6O3S2. The Kier molecular flexibility index (Phi) is 9.75. The highest BCUT2D eigenvalue weighted by atomic mass is 35.5. The number of pyridine rings is 1. The van der Waals surface area contributed by atoms with E-state index >= 15 is 0 Å². The highest BCUT2D eigenvalue weighted by Crippen LogP contribution is 2.47. The molecule has 7 rings (SSSR count). The second kappa shape index (κ2) is 14.0. The van der Waals surface area contributed by atoms with Crippen LogP contribution in [-0.4, -0.2) is 78.7 Å². The van der Waals surface area contributed by atoms with Crippen LogP contribution in [0.2, 0.25) is 10.0 Å². The van der Waals surface area contributed by atoms with Crippen LogP contribution >= 0.6 is 45.9 Å². The van der Waals surface area contributed by atoms with Crippen molar-refractivity contribution in [3.8, 4) is 10.6 Å². The summed E-state index contributed by atoms with van der Waals surface area (Å²) in [5, 5.41) is 7.71. The standard InChI is InChI=1S/C33H40Cl2N6O3S2/c1-2-44-32(43)20-8-12-40(13-9-20)29-25(35)14-22(16-36-29)30(42)38-33-37-28(27-15-23(34)19-45-27)31(46-33)41-17-21-6-5-7-26(24(21)18-41)39-10-3-4-11-39/h14-16,19-21,24,26H,2-13,17-18H2,1H3,(H,37,38,42). The number of anilines is 3. The Morgan fingerprint density at radius 2 is 1.83 bits per heavy atom. The van der Waals surface area contributed by atoms with E-state index < -0.39 is 0 Å². The van der Waals surface area contributed by atoms with Crippen LogP contribution < -0.4 is 15.1 Å². The van der Waals surface area contributed by atoms with Crippen LogP contribution in [0.1, 0.15) is 62.2 Å². The number of amides is 1. The predicted molar refractivity (Wildman–Crippen MR) is 187 cm³/mol. The predicted octanol–water partition coefficient (Wildman–Crippen LogP) is 7.31. The third-order valence-electron chi connectivity index (χ3n) is 10.1. The first-order valence-corrected chi connectivity index (χ1v) is 19.0. The minimum Gasteiger partial charge on any atom is -0.466 e. The van der Waals surface area contributed by atoms with Crippen LogP contribution in [0, 0.1) is 17.8 Å². The normalized spacial score (nSPS) is 23.9. The third-order valence-corrected chi connectivity index (χ3v) is 12.7. The van der Waals surface area contributed by atoms with Gasteiger partial charge in [-0.05, 0) is 82.5 Å². The molecule has 0 bridgehead atoms. The number of likely N-dealkylation sites (tertiary alicyclic amines) is 1. The topological polar surface area (TPSA) is 90.9 Å². The fourth-order valence-electron chi connectivity index (χ4n) is 7.85. The van der Waals surface area contributed by atoms with Gasteiger partial charge in [0.05, 0.1) is 33.0 Å². The molecule has 0 radical (unpaired) electrons. The van der Waals surface area contributed by atoms with Crippen molar-refractivity contribution in [2.75, 3.05) is 61.0 Å². The minimum absolute atomic E-state index is 0.102. The smallest absolute Gasteiger partial charge is 0.309 e. The van der Waals surface area contributed by atoms with Crippen molar-refractivity contribution in [3.05, 3.63) is 39.3 Å². The molecule has 3 saturated heterocycles. The molecule has 3 unspecified atom stereocenters. The van der Waals surface area contributed by atoms with E-state index in [4.69, 9.17) is 32.9 Å². The molecular weight excluding hydrogens is 663 g/mol. The van der Waals surface area contributed by atoms with Gasteiger partial charge in [-0.2, -0.15) is 0 Å². The third kappa shape index (κ3) is 6.63. The van der Waals surface area contributed by atoms with Crippen molar-refractivity contribution in [2.24, 2.45) is 17.8 Å². The molecule has 0 aromatic carbocycles. The van der Waals surface area contributed by atoms with Gasteiger partial charge in [-0.15, -0.1) is 11.3 Å². The largest absolute Gasteiger partial charge is 0.466 e. The van der Waals surface area contributed by atoms with Gasteiger partial charge in [0.1, 0.15) is 16.5 Å². The van der Waals surface area contributed by atoms with E-state index in [0.29, 0.717) is 77.0 Å². The molecule has 3 aliphatic heterocycles. The lowest BCUT2D eigenvalue weighted by molar-refractivity contribution is -0.148. The number of hydrogen-bond donors (Lipinski definition) is 1. The fraction of sp³-hybridized carbons (Fsp3) is 0.576. The number of hydrogen-bond acceptors (Lipinski definition) is 10. The summed E-state index contributed by atoms with van der Waals surface area (Å²) in [4.78, 5) is 43.4. The number of piperidine rings is 1. The molecule has 6 heterocycles. The average Bonchev–Trinajstić information content (AvgIpc) is 3.88. The van der Waals surface area contributed by atoms with E-state index in [9.17, 15) is 9.59 Å². The van der Waals surface area contributed by atoms with Crippen LogP contribution in [-0.2, 0) is 9.53 Å². The second-order valence-electron chi connectivity index (χ2n) is 12.9. The molecule has 1 aliphatic carbocycles. The number of nitrogens with one attached hydrogen (secondary N) is 1. The lowest BCUT2D eigenvalue weighted by Gasteiger charge is -2.38. The number of aromatic nitrogens is 2. The number of halogens is 2. The van der Waals surface area contributed by atoms with Gasteiger partial charge in [0, 0.05) is 43.8 Å². The number of thiazole rings is 1. The number of ether oxygens (including phenoxy) is 1. The minimum atomic E-state index is -0.303. The summed E-state index contributed by atoms with van der Waals surface area (Å²) in [5.74, 6) is 1.42. The first-order chi connectivity index (χ1) is 22.4. The molecule has 3 atom stereocenters. The zero-order valence-electron chi connectivity index (χ0n) is 26.1. The van der Waals surface area contributed by atoms with Gasteiger partial charge in [0.2, 0.25) is 0 Å². The average molecular weight is 704 g/mol. The molecule has 3 aromatic rings. The summed E-state index contributed by atoms with van der Waals surface area (Å²) < 4.78 is 5.19. The zero-order chi connectivity index (χ0) is 31.8. The molecule has 3 aromatic heterocycles. The van der Waals surface area contributed by atoms with Gasteiger partial charge in [-0.25, -0.2) is 9.97 Å². The Bertz CT molecular complexity index is 1570. The Hall–Kier alpha value is -2.44. The van der Waals surface area contributed by atoms with Gasteiger partial charge >= 0.3 is 5.97 Å². The van der Waals surface area contributed by atoms with Crippen molar-refractivity contribution in [3.63, 3.8) is 0 Å². The quantitative estimate of drug-likeness (QED) is 0.245. The molecule has 1 N–H and O–H groups in total. The summed E-state index contributed by atoms with van der Waals surface area (Å²) >= 11 is 16.1. The fourth-order valence-corrected chi connectivity index (χ4v) is 10.3. The maximum Gasteiger partial charge on any atom is 0.309 e. The SMILES string of the molecule is CCOC(=O)C1CCN(c2ncc(C(=O)Nc3nc(-c4cc(Cl)cs4)c(N4CC5CCCC(N6CCCC6)C5C4)s3)cc2Cl)CC1. The van der Waals surface area contributed by atoms with Crippen molar-refractivity contribution in [1.82, 2.24) is 14.9 Å². The van der Waals surface area contributed by atoms with Crippen LogP contribution in [0.5, 0.6) is 0 Å². The first kappa shape index (κ1) is 32.1. The number of nitrogens with zero attached hydrogens (tertiary/aromatic N) is 5. The van der Waals surface area contributed by atoms with Gasteiger partial charge in [0.15, 0.2) is 5.13 Å². The van der Waals surface area contributed by atoms with E-state index in [-0.39, 0.29) is 17.8 Å². The Labute approximate surface area is 288 Å². The summed E-state index contributed by atoms with van der Waals surface area (Å²) in [7, 11) is 0. The number of rotatable bonds is 8. The van der Waals surface area contributed by atoms with Crippen molar-refractivity contribution >= 4 is 73.7 Å². The van der Waals surface area contributed by atoms with E-state index in [0.717, 1.165) is 28.7 Å². The van der Waals surface area contributed by atoms with E-state index in [1.807, 2.05) is 18.4 Å². The van der Waals surface area contributed by atoms with E-state index in [2.05, 4.69) is 25.0 Å².